The lowest BCUT2D eigenvalue weighted by Gasteiger charge is -2.21. The molecule has 0 aliphatic carbocycles. The summed E-state index contributed by atoms with van der Waals surface area (Å²) in [7, 11) is -3.46. The van der Waals surface area contributed by atoms with E-state index in [0.717, 1.165) is 12.8 Å². The quantitative estimate of drug-likeness (QED) is 0.813. The summed E-state index contributed by atoms with van der Waals surface area (Å²) < 4.78 is 26.4. The van der Waals surface area contributed by atoms with Crippen LogP contribution in [0.2, 0.25) is 0 Å². The standard InChI is InChI=1S/C15H24N2O3S/c1-5-11-16-21(19,20)13-9-7-12(8-10-13)17-14(18)15(3,4)6-2/h7-10,16H,5-6,11H2,1-4H3,(H,17,18). The van der Waals surface area contributed by atoms with Crippen LogP contribution in [0.5, 0.6) is 0 Å². The summed E-state index contributed by atoms with van der Waals surface area (Å²) in [5.41, 5.74) is 0.143. The van der Waals surface area contributed by atoms with Crippen LogP contribution in [0.3, 0.4) is 0 Å². The zero-order valence-corrected chi connectivity index (χ0v) is 13.9. The zero-order valence-electron chi connectivity index (χ0n) is 13.1. The molecular formula is C15H24N2O3S. The van der Waals surface area contributed by atoms with Crippen LogP contribution in [-0.4, -0.2) is 20.9 Å². The van der Waals surface area contributed by atoms with Gasteiger partial charge in [-0.25, -0.2) is 13.1 Å². The van der Waals surface area contributed by atoms with E-state index in [9.17, 15) is 13.2 Å². The summed E-state index contributed by atoms with van der Waals surface area (Å²) in [5, 5.41) is 2.80. The fraction of sp³-hybridized carbons (Fsp3) is 0.533. The maximum absolute atomic E-state index is 12.0. The molecule has 0 saturated heterocycles. The van der Waals surface area contributed by atoms with Crippen molar-refractivity contribution >= 4 is 21.6 Å². The van der Waals surface area contributed by atoms with Crippen molar-refractivity contribution in [2.45, 2.75) is 45.4 Å². The van der Waals surface area contributed by atoms with Crippen molar-refractivity contribution in [3.05, 3.63) is 24.3 Å². The van der Waals surface area contributed by atoms with Crippen molar-refractivity contribution in [2.24, 2.45) is 5.41 Å². The number of hydrogen-bond donors (Lipinski definition) is 2. The lowest BCUT2D eigenvalue weighted by molar-refractivity contribution is -0.124. The molecule has 21 heavy (non-hydrogen) atoms. The van der Waals surface area contributed by atoms with Crippen LogP contribution in [0.15, 0.2) is 29.2 Å². The largest absolute Gasteiger partial charge is 0.326 e. The molecule has 6 heteroatoms. The van der Waals surface area contributed by atoms with E-state index in [1.54, 1.807) is 12.1 Å². The average molecular weight is 312 g/mol. The summed E-state index contributed by atoms with van der Waals surface area (Å²) in [5.74, 6) is -0.0790. The van der Waals surface area contributed by atoms with Gasteiger partial charge in [0.2, 0.25) is 15.9 Å². The van der Waals surface area contributed by atoms with Gasteiger partial charge in [-0.05, 0) is 37.1 Å². The summed E-state index contributed by atoms with van der Waals surface area (Å²) in [6.07, 6.45) is 1.46. The van der Waals surface area contributed by atoms with Crippen molar-refractivity contribution in [3.63, 3.8) is 0 Å². The van der Waals surface area contributed by atoms with Gasteiger partial charge in [-0.3, -0.25) is 4.79 Å². The molecule has 0 heterocycles. The molecule has 0 fully saturated rings. The van der Waals surface area contributed by atoms with Crippen LogP contribution in [0, 0.1) is 5.41 Å². The Morgan fingerprint density at radius 3 is 2.19 bits per heavy atom. The van der Waals surface area contributed by atoms with E-state index in [-0.39, 0.29) is 10.8 Å². The molecule has 1 aromatic rings. The molecule has 0 unspecified atom stereocenters. The van der Waals surface area contributed by atoms with E-state index >= 15 is 0 Å². The third kappa shape index (κ3) is 4.82. The first-order valence-corrected chi connectivity index (χ1v) is 8.62. The molecule has 5 nitrogen and oxygen atoms in total. The molecule has 0 atom stereocenters. The maximum Gasteiger partial charge on any atom is 0.240 e. The normalized spacial score (nSPS) is 12.2. The molecule has 1 aromatic carbocycles. The molecule has 0 spiro atoms. The Morgan fingerprint density at radius 1 is 1.14 bits per heavy atom. The Labute approximate surface area is 127 Å². The summed E-state index contributed by atoms with van der Waals surface area (Å²) in [6, 6.07) is 6.19. The highest BCUT2D eigenvalue weighted by Gasteiger charge is 2.25. The van der Waals surface area contributed by atoms with E-state index in [0.29, 0.717) is 12.2 Å². The number of nitrogens with one attached hydrogen (secondary N) is 2. The first kappa shape index (κ1) is 17.7. The van der Waals surface area contributed by atoms with Gasteiger partial charge in [0, 0.05) is 17.6 Å². The van der Waals surface area contributed by atoms with E-state index in [2.05, 4.69) is 10.0 Å². The molecule has 118 valence electrons. The first-order chi connectivity index (χ1) is 9.73. The molecule has 0 aromatic heterocycles. The number of carbonyl (C=O) groups is 1. The SMILES string of the molecule is CCCNS(=O)(=O)c1ccc(NC(=O)C(C)(C)CC)cc1. The zero-order chi connectivity index (χ0) is 16.1. The minimum Gasteiger partial charge on any atom is -0.326 e. The second-order valence-corrected chi connectivity index (χ2v) is 7.38. The lowest BCUT2D eigenvalue weighted by Crippen LogP contribution is -2.30. The van der Waals surface area contributed by atoms with Gasteiger partial charge in [0.25, 0.3) is 0 Å². The highest BCUT2D eigenvalue weighted by atomic mass is 32.2. The van der Waals surface area contributed by atoms with Gasteiger partial charge in [-0.15, -0.1) is 0 Å². The van der Waals surface area contributed by atoms with Crippen molar-refractivity contribution in [1.82, 2.24) is 4.72 Å². The first-order valence-electron chi connectivity index (χ1n) is 7.14. The minimum atomic E-state index is -3.46. The molecule has 2 N–H and O–H groups in total. The van der Waals surface area contributed by atoms with Crippen LogP contribution in [0.1, 0.15) is 40.5 Å². The fourth-order valence-corrected chi connectivity index (χ4v) is 2.63. The highest BCUT2D eigenvalue weighted by Crippen LogP contribution is 2.22. The van der Waals surface area contributed by atoms with E-state index in [1.807, 2.05) is 27.7 Å². The minimum absolute atomic E-state index is 0.0790. The third-order valence-electron chi connectivity index (χ3n) is 3.46. The Balaban J connectivity index is 2.82. The van der Waals surface area contributed by atoms with E-state index in [4.69, 9.17) is 0 Å². The Hall–Kier alpha value is -1.40. The highest BCUT2D eigenvalue weighted by molar-refractivity contribution is 7.89. The van der Waals surface area contributed by atoms with Crippen LogP contribution in [-0.2, 0) is 14.8 Å². The molecule has 0 bridgehead atoms. The van der Waals surface area contributed by atoms with Crippen molar-refractivity contribution in [3.8, 4) is 0 Å². The monoisotopic (exact) mass is 312 g/mol. The van der Waals surface area contributed by atoms with Crippen molar-refractivity contribution in [1.29, 1.82) is 0 Å². The van der Waals surface area contributed by atoms with Crippen LogP contribution in [0.4, 0.5) is 5.69 Å². The molecule has 1 rings (SSSR count). The van der Waals surface area contributed by atoms with Gasteiger partial charge < -0.3 is 5.32 Å². The van der Waals surface area contributed by atoms with Gasteiger partial charge in [-0.2, -0.15) is 0 Å². The van der Waals surface area contributed by atoms with E-state index < -0.39 is 15.4 Å². The van der Waals surface area contributed by atoms with E-state index in [1.165, 1.54) is 12.1 Å². The molecule has 0 saturated carbocycles. The van der Waals surface area contributed by atoms with Gasteiger partial charge in [-0.1, -0.05) is 27.7 Å². The summed E-state index contributed by atoms with van der Waals surface area (Å²) >= 11 is 0. The number of rotatable bonds is 7. The van der Waals surface area contributed by atoms with Crippen LogP contribution in [0.25, 0.3) is 0 Å². The van der Waals surface area contributed by atoms with Gasteiger partial charge >= 0.3 is 0 Å². The predicted octanol–water partition coefficient (Wildman–Crippen LogP) is 2.75. The van der Waals surface area contributed by atoms with Crippen molar-refractivity contribution in [2.75, 3.05) is 11.9 Å². The van der Waals surface area contributed by atoms with Crippen LogP contribution >= 0.6 is 0 Å². The second kappa shape index (κ2) is 7.04. The maximum atomic E-state index is 12.0. The molecule has 0 aliphatic heterocycles. The summed E-state index contributed by atoms with van der Waals surface area (Å²) in [6.45, 7) is 8.00. The number of benzene rings is 1. The fourth-order valence-electron chi connectivity index (χ4n) is 1.50. The molecular weight excluding hydrogens is 288 g/mol. The topological polar surface area (TPSA) is 75.3 Å². The summed E-state index contributed by atoms with van der Waals surface area (Å²) in [4.78, 5) is 12.2. The number of carbonyl (C=O) groups excluding carboxylic acids is 1. The number of amides is 1. The predicted molar refractivity (Wildman–Crippen MR) is 84.6 cm³/mol. The molecule has 0 aliphatic rings. The number of sulfonamides is 1. The van der Waals surface area contributed by atoms with Crippen LogP contribution < -0.4 is 10.0 Å². The van der Waals surface area contributed by atoms with Gasteiger partial charge in [0.15, 0.2) is 0 Å². The smallest absolute Gasteiger partial charge is 0.240 e. The number of anilines is 1. The third-order valence-corrected chi connectivity index (χ3v) is 4.94. The Kier molecular flexibility index (Phi) is 5.92. The van der Waals surface area contributed by atoms with Gasteiger partial charge in [0.1, 0.15) is 0 Å². The Morgan fingerprint density at radius 2 is 1.71 bits per heavy atom. The molecule has 0 radical (unpaired) electrons. The average Bonchev–Trinajstić information content (AvgIpc) is 2.45. The van der Waals surface area contributed by atoms with Gasteiger partial charge in [0.05, 0.1) is 4.90 Å². The van der Waals surface area contributed by atoms with Crippen molar-refractivity contribution < 1.29 is 13.2 Å². The number of hydrogen-bond acceptors (Lipinski definition) is 3. The Bertz CT molecular complexity index is 577. The molecule has 1 amide bonds. The second-order valence-electron chi connectivity index (χ2n) is 5.61. The lowest BCUT2D eigenvalue weighted by atomic mass is 9.89.